The van der Waals surface area contributed by atoms with Crippen LogP contribution in [0.15, 0.2) is 0 Å². The highest BCUT2D eigenvalue weighted by atomic mass is 16.6. The summed E-state index contributed by atoms with van der Waals surface area (Å²) in [6.07, 6.45) is -0.340. The molecule has 1 rings (SSSR count). The lowest BCUT2D eigenvalue weighted by molar-refractivity contribution is -0.159. The molecule has 1 fully saturated rings. The first-order chi connectivity index (χ1) is 5.09. The van der Waals surface area contributed by atoms with E-state index in [4.69, 9.17) is 4.74 Å². The van der Waals surface area contributed by atoms with Gasteiger partial charge in [-0.2, -0.15) is 0 Å². The van der Waals surface area contributed by atoms with Gasteiger partial charge in [0.1, 0.15) is 6.10 Å². The Hall–Kier alpha value is -1.06. The van der Waals surface area contributed by atoms with Gasteiger partial charge in [-0.3, -0.25) is 4.79 Å². The zero-order valence-electron chi connectivity index (χ0n) is 6.49. The predicted octanol–water partition coefficient (Wildman–Crippen LogP) is 0.254. The van der Waals surface area contributed by atoms with E-state index < -0.39 is 18.0 Å². The van der Waals surface area contributed by atoms with Gasteiger partial charge in [-0.1, -0.05) is 0 Å². The minimum Gasteiger partial charge on any atom is -0.460 e. The van der Waals surface area contributed by atoms with Crippen LogP contribution in [0.3, 0.4) is 0 Å². The van der Waals surface area contributed by atoms with Gasteiger partial charge in [0.2, 0.25) is 6.10 Å². The van der Waals surface area contributed by atoms with Gasteiger partial charge in [0, 0.05) is 13.3 Å². The Morgan fingerprint density at radius 2 is 2.36 bits per heavy atom. The molecule has 0 amide bonds. The third-order valence-electron chi connectivity index (χ3n) is 1.43. The molecule has 0 aromatic carbocycles. The van der Waals surface area contributed by atoms with Crippen LogP contribution in [-0.2, 0) is 19.1 Å². The molecule has 4 heteroatoms. The van der Waals surface area contributed by atoms with Gasteiger partial charge in [-0.25, -0.2) is 4.79 Å². The lowest BCUT2D eigenvalue weighted by Gasteiger charge is -2.03. The van der Waals surface area contributed by atoms with E-state index in [2.05, 4.69) is 4.74 Å². The Morgan fingerprint density at radius 1 is 1.73 bits per heavy atom. The summed E-state index contributed by atoms with van der Waals surface area (Å²) in [5, 5.41) is 0. The highest BCUT2D eigenvalue weighted by molar-refractivity contribution is 5.80. The summed E-state index contributed by atoms with van der Waals surface area (Å²) >= 11 is 0. The Bertz CT molecular complexity index is 187. The molecular formula is C7H10O4. The van der Waals surface area contributed by atoms with Gasteiger partial charge in [0.25, 0.3) is 0 Å². The molecule has 0 spiro atoms. The standard InChI is InChI=1S/C7H10O4/c1-4-3-6(7(9)10-4)11-5(2)8/h4,6H,3H2,1-2H3. The van der Waals surface area contributed by atoms with Crippen LogP contribution in [0.4, 0.5) is 0 Å². The molecule has 2 unspecified atom stereocenters. The van der Waals surface area contributed by atoms with Gasteiger partial charge in [0.15, 0.2) is 0 Å². The minimum absolute atomic E-state index is 0.133. The molecular weight excluding hydrogens is 148 g/mol. The van der Waals surface area contributed by atoms with Gasteiger partial charge in [0.05, 0.1) is 0 Å². The van der Waals surface area contributed by atoms with E-state index in [1.807, 2.05) is 0 Å². The SMILES string of the molecule is CC(=O)OC1CC(C)OC1=O. The van der Waals surface area contributed by atoms with E-state index in [1.165, 1.54) is 6.92 Å². The average Bonchev–Trinajstić information content (AvgIpc) is 2.09. The van der Waals surface area contributed by atoms with Crippen LogP contribution in [0.1, 0.15) is 20.3 Å². The molecule has 1 heterocycles. The summed E-state index contributed by atoms with van der Waals surface area (Å²) in [6.45, 7) is 3.04. The van der Waals surface area contributed by atoms with Gasteiger partial charge >= 0.3 is 11.9 Å². The van der Waals surface area contributed by atoms with Crippen molar-refractivity contribution in [3.05, 3.63) is 0 Å². The Kier molecular flexibility index (Phi) is 2.12. The molecule has 1 aliphatic heterocycles. The summed E-state index contributed by atoms with van der Waals surface area (Å²) in [4.78, 5) is 21.2. The van der Waals surface area contributed by atoms with Crippen molar-refractivity contribution in [2.75, 3.05) is 0 Å². The number of hydrogen-bond donors (Lipinski definition) is 0. The molecule has 62 valence electrons. The van der Waals surface area contributed by atoms with Crippen LogP contribution in [0, 0.1) is 0 Å². The van der Waals surface area contributed by atoms with Crippen LogP contribution in [0.2, 0.25) is 0 Å². The summed E-state index contributed by atoms with van der Waals surface area (Å²) in [5.41, 5.74) is 0. The molecule has 0 N–H and O–H groups in total. The molecule has 1 aliphatic rings. The van der Waals surface area contributed by atoms with E-state index >= 15 is 0 Å². The van der Waals surface area contributed by atoms with Crippen LogP contribution in [-0.4, -0.2) is 24.1 Å². The lowest BCUT2D eigenvalue weighted by Crippen LogP contribution is -2.20. The molecule has 11 heavy (non-hydrogen) atoms. The first-order valence-corrected chi connectivity index (χ1v) is 3.47. The highest BCUT2D eigenvalue weighted by Crippen LogP contribution is 2.16. The maximum Gasteiger partial charge on any atom is 0.347 e. The third kappa shape index (κ3) is 1.93. The van der Waals surface area contributed by atoms with E-state index in [1.54, 1.807) is 6.92 Å². The summed E-state index contributed by atoms with van der Waals surface area (Å²) in [5.74, 6) is -0.881. The maximum atomic E-state index is 10.8. The zero-order chi connectivity index (χ0) is 8.43. The number of esters is 2. The Labute approximate surface area is 64.5 Å². The number of carbonyl (C=O) groups is 2. The summed E-state index contributed by atoms with van der Waals surface area (Å²) < 4.78 is 9.44. The maximum absolute atomic E-state index is 10.8. The monoisotopic (exact) mass is 158 g/mol. The predicted molar refractivity (Wildman–Crippen MR) is 35.7 cm³/mol. The molecule has 0 aliphatic carbocycles. The topological polar surface area (TPSA) is 52.6 Å². The van der Waals surface area contributed by atoms with Crippen molar-refractivity contribution < 1.29 is 19.1 Å². The normalized spacial score (nSPS) is 29.8. The van der Waals surface area contributed by atoms with Crippen molar-refractivity contribution in [2.24, 2.45) is 0 Å². The van der Waals surface area contributed by atoms with Crippen LogP contribution < -0.4 is 0 Å². The van der Waals surface area contributed by atoms with Crippen molar-refractivity contribution >= 4 is 11.9 Å². The number of ether oxygens (including phenoxy) is 2. The summed E-state index contributed by atoms with van der Waals surface area (Å²) in [6, 6.07) is 0. The first-order valence-electron chi connectivity index (χ1n) is 3.47. The molecule has 0 radical (unpaired) electrons. The molecule has 2 atom stereocenters. The quantitative estimate of drug-likeness (QED) is 0.513. The smallest absolute Gasteiger partial charge is 0.347 e. The van der Waals surface area contributed by atoms with Crippen molar-refractivity contribution in [2.45, 2.75) is 32.5 Å². The molecule has 0 aromatic heterocycles. The van der Waals surface area contributed by atoms with Crippen LogP contribution in [0.5, 0.6) is 0 Å². The van der Waals surface area contributed by atoms with Gasteiger partial charge < -0.3 is 9.47 Å². The van der Waals surface area contributed by atoms with Crippen molar-refractivity contribution in [1.82, 2.24) is 0 Å². The minimum atomic E-state index is -0.678. The van der Waals surface area contributed by atoms with Crippen LogP contribution >= 0.6 is 0 Å². The number of cyclic esters (lactones) is 1. The second-order valence-electron chi connectivity index (χ2n) is 2.58. The van der Waals surface area contributed by atoms with E-state index in [0.717, 1.165) is 0 Å². The van der Waals surface area contributed by atoms with Gasteiger partial charge in [-0.05, 0) is 6.92 Å². The van der Waals surface area contributed by atoms with E-state index in [0.29, 0.717) is 6.42 Å². The summed E-state index contributed by atoms with van der Waals surface area (Å²) in [7, 11) is 0. The first kappa shape index (κ1) is 8.04. The number of hydrogen-bond acceptors (Lipinski definition) is 4. The van der Waals surface area contributed by atoms with E-state index in [9.17, 15) is 9.59 Å². The Balaban J connectivity index is 2.47. The second kappa shape index (κ2) is 2.90. The molecule has 0 saturated carbocycles. The number of carbonyl (C=O) groups excluding carboxylic acids is 2. The van der Waals surface area contributed by atoms with Crippen molar-refractivity contribution in [3.63, 3.8) is 0 Å². The third-order valence-corrected chi connectivity index (χ3v) is 1.43. The fourth-order valence-electron chi connectivity index (χ4n) is 1.02. The lowest BCUT2D eigenvalue weighted by atomic mass is 10.2. The van der Waals surface area contributed by atoms with E-state index in [-0.39, 0.29) is 6.10 Å². The highest BCUT2D eigenvalue weighted by Gasteiger charge is 2.34. The number of rotatable bonds is 1. The molecule has 4 nitrogen and oxygen atoms in total. The average molecular weight is 158 g/mol. The molecule has 0 bridgehead atoms. The molecule has 1 saturated heterocycles. The molecule has 0 aromatic rings. The van der Waals surface area contributed by atoms with Crippen LogP contribution in [0.25, 0.3) is 0 Å². The fraction of sp³-hybridized carbons (Fsp3) is 0.714. The largest absolute Gasteiger partial charge is 0.460 e. The second-order valence-corrected chi connectivity index (χ2v) is 2.58. The zero-order valence-corrected chi connectivity index (χ0v) is 6.49. The van der Waals surface area contributed by atoms with Crippen molar-refractivity contribution in [3.8, 4) is 0 Å². The van der Waals surface area contributed by atoms with Crippen molar-refractivity contribution in [1.29, 1.82) is 0 Å². The fourth-order valence-corrected chi connectivity index (χ4v) is 1.02. The Morgan fingerprint density at radius 3 is 2.73 bits per heavy atom. The van der Waals surface area contributed by atoms with Gasteiger partial charge in [-0.15, -0.1) is 0 Å².